The maximum atomic E-state index is 12.4. The summed E-state index contributed by atoms with van der Waals surface area (Å²) in [5.41, 5.74) is -1.01. The van der Waals surface area contributed by atoms with E-state index in [1.54, 1.807) is 20.8 Å². The quantitative estimate of drug-likeness (QED) is 0.915. The first kappa shape index (κ1) is 18.3. The molecular formula is C18H25NO5. The summed E-state index contributed by atoms with van der Waals surface area (Å²) in [7, 11) is 0. The lowest BCUT2D eigenvalue weighted by atomic mass is 9.98. The minimum Gasteiger partial charge on any atom is -0.480 e. The van der Waals surface area contributed by atoms with Gasteiger partial charge in [0.15, 0.2) is 0 Å². The van der Waals surface area contributed by atoms with Gasteiger partial charge in [-0.1, -0.05) is 30.3 Å². The molecule has 1 fully saturated rings. The third kappa shape index (κ3) is 4.26. The summed E-state index contributed by atoms with van der Waals surface area (Å²) >= 11 is 0. The largest absolute Gasteiger partial charge is 0.480 e. The van der Waals surface area contributed by atoms with Crippen molar-refractivity contribution < 1.29 is 24.2 Å². The van der Waals surface area contributed by atoms with Gasteiger partial charge in [-0.3, -0.25) is 4.90 Å². The Morgan fingerprint density at radius 3 is 2.46 bits per heavy atom. The molecule has 6 heteroatoms. The minimum atomic E-state index is -1.33. The Labute approximate surface area is 142 Å². The Kier molecular flexibility index (Phi) is 5.18. The van der Waals surface area contributed by atoms with Gasteiger partial charge < -0.3 is 14.6 Å². The van der Waals surface area contributed by atoms with Crippen molar-refractivity contribution in [2.75, 3.05) is 6.54 Å². The molecule has 0 aromatic heterocycles. The van der Waals surface area contributed by atoms with E-state index in [1.807, 2.05) is 30.3 Å². The van der Waals surface area contributed by atoms with Gasteiger partial charge in [-0.2, -0.15) is 0 Å². The molecule has 2 atom stereocenters. The van der Waals surface area contributed by atoms with E-state index in [2.05, 4.69) is 0 Å². The highest BCUT2D eigenvalue weighted by molar-refractivity contribution is 5.85. The lowest BCUT2D eigenvalue weighted by Crippen LogP contribution is -2.52. The summed E-state index contributed by atoms with van der Waals surface area (Å²) in [4.78, 5) is 25.4. The Balaban J connectivity index is 2.07. The van der Waals surface area contributed by atoms with Crippen molar-refractivity contribution in [1.29, 1.82) is 0 Å². The molecule has 0 spiro atoms. The van der Waals surface area contributed by atoms with E-state index in [1.165, 1.54) is 11.8 Å². The first-order valence-corrected chi connectivity index (χ1v) is 8.01. The second-order valence-corrected chi connectivity index (χ2v) is 7.29. The van der Waals surface area contributed by atoms with Crippen molar-refractivity contribution in [2.24, 2.45) is 0 Å². The molecule has 1 aromatic rings. The van der Waals surface area contributed by atoms with Gasteiger partial charge in [0.1, 0.15) is 11.1 Å². The summed E-state index contributed by atoms with van der Waals surface area (Å²) in [6.45, 7) is 7.37. The first-order chi connectivity index (χ1) is 11.1. The number of rotatable bonds is 4. The van der Waals surface area contributed by atoms with Crippen molar-refractivity contribution in [1.82, 2.24) is 4.90 Å². The molecule has 1 saturated heterocycles. The van der Waals surface area contributed by atoms with E-state index in [4.69, 9.17) is 9.47 Å². The third-order valence-corrected chi connectivity index (χ3v) is 4.01. The summed E-state index contributed by atoms with van der Waals surface area (Å²) < 4.78 is 11.2. The fourth-order valence-electron chi connectivity index (χ4n) is 2.72. The Morgan fingerprint density at radius 1 is 1.29 bits per heavy atom. The monoisotopic (exact) mass is 335 g/mol. The van der Waals surface area contributed by atoms with Crippen LogP contribution in [0.3, 0.4) is 0 Å². The van der Waals surface area contributed by atoms with Crippen LogP contribution in [0.25, 0.3) is 0 Å². The highest BCUT2D eigenvalue weighted by atomic mass is 16.6. The smallest absolute Gasteiger partial charge is 0.411 e. The molecule has 1 N–H and O–H groups in total. The van der Waals surface area contributed by atoms with Gasteiger partial charge in [0, 0.05) is 6.42 Å². The molecule has 1 aromatic carbocycles. The zero-order chi connectivity index (χ0) is 18.0. The van der Waals surface area contributed by atoms with E-state index >= 15 is 0 Å². The number of carboxylic acids is 1. The molecule has 2 rings (SSSR count). The van der Waals surface area contributed by atoms with Crippen LogP contribution in [-0.4, -0.2) is 45.9 Å². The van der Waals surface area contributed by atoms with Gasteiger partial charge in [-0.15, -0.1) is 0 Å². The third-order valence-electron chi connectivity index (χ3n) is 4.01. The van der Waals surface area contributed by atoms with Crippen LogP contribution in [0.5, 0.6) is 0 Å². The van der Waals surface area contributed by atoms with Gasteiger partial charge in [-0.25, -0.2) is 9.59 Å². The number of amides is 1. The standard InChI is InChI=1S/C18H25NO5/c1-17(2,3)24-16(22)19-11-14(10-18(19,4)15(20)21)23-12-13-8-6-5-7-9-13/h5-9,14H,10-12H2,1-4H3,(H,20,21)/t14-,18?/m1/s1. The predicted molar refractivity (Wildman–Crippen MR) is 88.6 cm³/mol. The molecular weight excluding hydrogens is 310 g/mol. The number of likely N-dealkylation sites (tertiary alicyclic amines) is 1. The van der Waals surface area contributed by atoms with Crippen LogP contribution < -0.4 is 0 Å². The molecule has 6 nitrogen and oxygen atoms in total. The number of aliphatic carboxylic acids is 1. The van der Waals surface area contributed by atoms with Crippen LogP contribution in [0.1, 0.15) is 39.7 Å². The van der Waals surface area contributed by atoms with Gasteiger partial charge in [0.2, 0.25) is 0 Å². The Morgan fingerprint density at radius 2 is 1.92 bits per heavy atom. The fraction of sp³-hybridized carbons (Fsp3) is 0.556. The summed E-state index contributed by atoms with van der Waals surface area (Å²) in [6.07, 6.45) is -0.744. The molecule has 1 heterocycles. The van der Waals surface area contributed by atoms with E-state index in [0.717, 1.165) is 5.56 Å². The van der Waals surface area contributed by atoms with Crippen molar-refractivity contribution in [3.63, 3.8) is 0 Å². The van der Waals surface area contributed by atoms with Crippen LogP contribution in [0.4, 0.5) is 4.79 Å². The van der Waals surface area contributed by atoms with Gasteiger partial charge in [0.25, 0.3) is 0 Å². The maximum absolute atomic E-state index is 12.4. The van der Waals surface area contributed by atoms with Crippen molar-refractivity contribution in [3.8, 4) is 0 Å². The number of carbonyl (C=O) groups is 2. The molecule has 0 radical (unpaired) electrons. The highest BCUT2D eigenvalue weighted by Gasteiger charge is 2.51. The summed E-state index contributed by atoms with van der Waals surface area (Å²) in [5.74, 6) is -1.06. The lowest BCUT2D eigenvalue weighted by Gasteiger charge is -2.32. The number of ether oxygens (including phenoxy) is 2. The SMILES string of the molecule is CC(C)(C)OC(=O)N1C[C@H](OCc2ccccc2)CC1(C)C(=O)O. The van der Waals surface area contributed by atoms with Crippen LogP contribution >= 0.6 is 0 Å². The van der Waals surface area contributed by atoms with Gasteiger partial charge in [-0.05, 0) is 33.3 Å². The molecule has 1 unspecified atom stereocenters. The molecule has 0 bridgehead atoms. The second-order valence-electron chi connectivity index (χ2n) is 7.29. The van der Waals surface area contributed by atoms with Gasteiger partial charge in [0.05, 0.1) is 19.3 Å². The molecule has 1 aliphatic rings. The van der Waals surface area contributed by atoms with Crippen LogP contribution in [0.2, 0.25) is 0 Å². The molecule has 1 amide bonds. The topological polar surface area (TPSA) is 76.1 Å². The minimum absolute atomic E-state index is 0.199. The summed E-state index contributed by atoms with van der Waals surface area (Å²) in [5, 5.41) is 9.59. The lowest BCUT2D eigenvalue weighted by molar-refractivity contribution is -0.148. The van der Waals surface area contributed by atoms with Crippen molar-refractivity contribution in [3.05, 3.63) is 35.9 Å². The number of hydrogen-bond acceptors (Lipinski definition) is 4. The molecule has 0 saturated carbocycles. The van der Waals surface area contributed by atoms with E-state index < -0.39 is 23.2 Å². The van der Waals surface area contributed by atoms with Crippen LogP contribution in [0.15, 0.2) is 30.3 Å². The second kappa shape index (κ2) is 6.81. The summed E-state index contributed by atoms with van der Waals surface area (Å²) in [6, 6.07) is 9.64. The number of nitrogens with zero attached hydrogens (tertiary/aromatic N) is 1. The number of carboxylic acid groups (broad SMARTS) is 1. The number of carbonyl (C=O) groups excluding carboxylic acids is 1. The molecule has 0 aliphatic carbocycles. The van der Waals surface area contributed by atoms with Crippen LogP contribution in [-0.2, 0) is 20.9 Å². The van der Waals surface area contributed by atoms with E-state index in [0.29, 0.717) is 6.61 Å². The maximum Gasteiger partial charge on any atom is 0.411 e. The molecule has 132 valence electrons. The van der Waals surface area contributed by atoms with E-state index in [9.17, 15) is 14.7 Å². The Bertz CT molecular complexity index is 595. The first-order valence-electron chi connectivity index (χ1n) is 8.01. The number of hydrogen-bond donors (Lipinski definition) is 1. The van der Waals surface area contributed by atoms with Crippen molar-refractivity contribution >= 4 is 12.1 Å². The average molecular weight is 335 g/mol. The van der Waals surface area contributed by atoms with Crippen LogP contribution in [0, 0.1) is 0 Å². The van der Waals surface area contributed by atoms with E-state index in [-0.39, 0.29) is 19.1 Å². The van der Waals surface area contributed by atoms with Gasteiger partial charge >= 0.3 is 12.1 Å². The Hall–Kier alpha value is -2.08. The predicted octanol–water partition coefficient (Wildman–Crippen LogP) is 3.06. The normalized spacial score (nSPS) is 24.0. The highest BCUT2D eigenvalue weighted by Crippen LogP contribution is 2.33. The molecule has 24 heavy (non-hydrogen) atoms. The van der Waals surface area contributed by atoms with Crippen molar-refractivity contribution in [2.45, 2.75) is 58.0 Å². The zero-order valence-corrected chi connectivity index (χ0v) is 14.6. The number of benzene rings is 1. The fourth-order valence-corrected chi connectivity index (χ4v) is 2.72. The zero-order valence-electron chi connectivity index (χ0n) is 14.6. The average Bonchev–Trinajstić information content (AvgIpc) is 2.83. The molecule has 1 aliphatic heterocycles.